The van der Waals surface area contributed by atoms with E-state index in [1.165, 1.54) is 19.3 Å². The van der Waals surface area contributed by atoms with Gasteiger partial charge in [-0.2, -0.15) is 0 Å². The monoisotopic (exact) mass is 292 g/mol. The van der Waals surface area contributed by atoms with Crippen molar-refractivity contribution < 1.29 is 19.4 Å². The average Bonchev–Trinajstić information content (AvgIpc) is 2.52. The first kappa shape index (κ1) is 15.3. The molecule has 2 N–H and O–H groups in total. The minimum absolute atomic E-state index is 0.383. The molecule has 0 unspecified atom stereocenters. The number of benzene rings is 1. The number of nitrogens with one attached hydrogen (secondary N) is 1. The van der Waals surface area contributed by atoms with Crippen LogP contribution in [0.4, 0.5) is 0 Å². The number of carboxylic acids is 1. The molecule has 1 fully saturated rings. The lowest BCUT2D eigenvalue weighted by Crippen LogP contribution is -2.33. The predicted molar refractivity (Wildman–Crippen MR) is 77.3 cm³/mol. The van der Waals surface area contributed by atoms with Crippen molar-refractivity contribution in [2.45, 2.75) is 19.3 Å². The number of hydrogen-bond acceptors (Lipinski definition) is 4. The van der Waals surface area contributed by atoms with Gasteiger partial charge >= 0.3 is 5.97 Å². The Hall–Kier alpha value is -2.08. The van der Waals surface area contributed by atoms with Gasteiger partial charge < -0.3 is 15.2 Å². The fourth-order valence-corrected chi connectivity index (χ4v) is 2.21. The van der Waals surface area contributed by atoms with E-state index in [0.29, 0.717) is 18.0 Å². The summed E-state index contributed by atoms with van der Waals surface area (Å²) in [4.78, 5) is 24.3. The van der Waals surface area contributed by atoms with Crippen molar-refractivity contribution in [3.63, 3.8) is 0 Å². The molecule has 21 heavy (non-hydrogen) atoms. The Morgan fingerprint density at radius 3 is 2.43 bits per heavy atom. The zero-order valence-electron chi connectivity index (χ0n) is 11.9. The van der Waals surface area contributed by atoms with E-state index >= 15 is 0 Å². The molecular formula is C15H20N2O4. The first-order valence-corrected chi connectivity index (χ1v) is 7.10. The molecular weight excluding hydrogens is 272 g/mol. The maximum Gasteiger partial charge on any atom is 0.322 e. The number of carbonyl (C=O) groups is 2. The summed E-state index contributed by atoms with van der Waals surface area (Å²) in [5, 5.41) is 10.8. The Balaban J connectivity index is 1.80. The molecule has 0 aliphatic carbocycles. The number of carbonyl (C=O) groups excluding carboxylic acids is 1. The molecule has 0 bridgehead atoms. The van der Waals surface area contributed by atoms with Crippen LogP contribution >= 0.6 is 0 Å². The van der Waals surface area contributed by atoms with Crippen LogP contribution in [0.1, 0.15) is 29.6 Å². The second kappa shape index (κ2) is 7.64. The van der Waals surface area contributed by atoms with Crippen molar-refractivity contribution in [2.75, 3.05) is 26.4 Å². The smallest absolute Gasteiger partial charge is 0.322 e. The zero-order valence-corrected chi connectivity index (χ0v) is 11.9. The van der Waals surface area contributed by atoms with E-state index in [1.54, 1.807) is 24.3 Å². The van der Waals surface area contributed by atoms with Gasteiger partial charge in [0.1, 0.15) is 19.0 Å². The van der Waals surface area contributed by atoms with Gasteiger partial charge in [-0.1, -0.05) is 6.42 Å². The van der Waals surface area contributed by atoms with E-state index in [2.05, 4.69) is 10.2 Å². The molecule has 114 valence electrons. The summed E-state index contributed by atoms with van der Waals surface area (Å²) in [6.45, 7) is 2.31. The van der Waals surface area contributed by atoms with Gasteiger partial charge in [0.2, 0.25) is 0 Å². The lowest BCUT2D eigenvalue weighted by Gasteiger charge is -2.26. The Morgan fingerprint density at radius 2 is 1.81 bits per heavy atom. The third-order valence-corrected chi connectivity index (χ3v) is 3.38. The summed E-state index contributed by atoms with van der Waals surface area (Å²) >= 11 is 0. The molecule has 0 saturated carbocycles. The first-order chi connectivity index (χ1) is 10.1. The number of amides is 1. The highest BCUT2D eigenvalue weighted by Gasteiger charge is 2.11. The van der Waals surface area contributed by atoms with Crippen LogP contribution in [-0.4, -0.2) is 48.2 Å². The topological polar surface area (TPSA) is 78.9 Å². The molecule has 1 aromatic carbocycles. The van der Waals surface area contributed by atoms with Crippen LogP contribution in [0.5, 0.6) is 5.75 Å². The predicted octanol–water partition coefficient (Wildman–Crippen LogP) is 1.32. The Labute approximate surface area is 123 Å². The lowest BCUT2D eigenvalue weighted by molar-refractivity contribution is -0.135. The molecule has 0 spiro atoms. The maximum atomic E-state index is 11.6. The van der Waals surface area contributed by atoms with Crippen molar-refractivity contribution in [1.29, 1.82) is 0 Å². The van der Waals surface area contributed by atoms with Gasteiger partial charge in [-0.05, 0) is 37.1 Å². The van der Waals surface area contributed by atoms with Crippen molar-refractivity contribution >= 4 is 11.9 Å². The first-order valence-electron chi connectivity index (χ1n) is 7.10. The maximum absolute atomic E-state index is 11.6. The van der Waals surface area contributed by atoms with Gasteiger partial charge in [0.25, 0.3) is 5.91 Å². The van der Waals surface area contributed by atoms with Crippen LogP contribution in [0, 0.1) is 0 Å². The molecule has 1 aliphatic heterocycles. The second-order valence-electron chi connectivity index (χ2n) is 5.05. The van der Waals surface area contributed by atoms with E-state index in [0.717, 1.165) is 13.1 Å². The fourth-order valence-electron chi connectivity index (χ4n) is 2.21. The molecule has 1 aliphatic rings. The van der Waals surface area contributed by atoms with Crippen LogP contribution < -0.4 is 10.1 Å². The molecule has 0 atom stereocenters. The minimum Gasteiger partial charge on any atom is -0.480 e. The highest BCUT2D eigenvalue weighted by Crippen LogP contribution is 2.14. The summed E-state index contributed by atoms with van der Waals surface area (Å²) in [7, 11) is 0. The highest BCUT2D eigenvalue weighted by atomic mass is 16.5. The van der Waals surface area contributed by atoms with E-state index in [1.807, 2.05) is 0 Å². The molecule has 1 heterocycles. The van der Waals surface area contributed by atoms with Crippen LogP contribution in [0.15, 0.2) is 24.3 Å². The Bertz CT molecular complexity index is 481. The molecule has 0 radical (unpaired) electrons. The van der Waals surface area contributed by atoms with Crippen molar-refractivity contribution in [3.05, 3.63) is 29.8 Å². The Morgan fingerprint density at radius 1 is 1.14 bits per heavy atom. The van der Waals surface area contributed by atoms with Gasteiger partial charge in [0.15, 0.2) is 0 Å². The molecule has 1 amide bonds. The molecule has 1 saturated heterocycles. The van der Waals surface area contributed by atoms with Crippen LogP contribution in [0.25, 0.3) is 0 Å². The van der Waals surface area contributed by atoms with Crippen LogP contribution in [0.3, 0.4) is 0 Å². The third-order valence-electron chi connectivity index (χ3n) is 3.38. The van der Waals surface area contributed by atoms with Crippen LogP contribution in [0.2, 0.25) is 0 Å². The Kier molecular flexibility index (Phi) is 5.57. The van der Waals surface area contributed by atoms with E-state index in [-0.39, 0.29) is 6.54 Å². The SMILES string of the molecule is O=C(O)CNC(=O)c1ccc(OCN2CCCCC2)cc1. The van der Waals surface area contributed by atoms with E-state index in [9.17, 15) is 9.59 Å². The highest BCUT2D eigenvalue weighted by molar-refractivity contribution is 5.95. The van der Waals surface area contributed by atoms with Gasteiger partial charge in [-0.3, -0.25) is 14.5 Å². The number of piperidine rings is 1. The summed E-state index contributed by atoms with van der Waals surface area (Å²) < 4.78 is 5.68. The lowest BCUT2D eigenvalue weighted by atomic mass is 10.1. The van der Waals surface area contributed by atoms with Crippen molar-refractivity contribution in [2.24, 2.45) is 0 Å². The molecule has 1 aromatic rings. The largest absolute Gasteiger partial charge is 0.480 e. The summed E-state index contributed by atoms with van der Waals surface area (Å²) in [5.74, 6) is -0.764. The van der Waals surface area contributed by atoms with Gasteiger partial charge in [-0.25, -0.2) is 0 Å². The van der Waals surface area contributed by atoms with Crippen molar-refractivity contribution in [1.82, 2.24) is 10.2 Å². The average molecular weight is 292 g/mol. The normalized spacial score (nSPS) is 15.4. The van der Waals surface area contributed by atoms with E-state index < -0.39 is 11.9 Å². The minimum atomic E-state index is -1.06. The number of rotatable bonds is 6. The van der Waals surface area contributed by atoms with Gasteiger partial charge in [0.05, 0.1) is 0 Å². The van der Waals surface area contributed by atoms with Gasteiger partial charge in [-0.15, -0.1) is 0 Å². The number of nitrogens with zero attached hydrogens (tertiary/aromatic N) is 1. The summed E-state index contributed by atoms with van der Waals surface area (Å²) in [6.07, 6.45) is 3.72. The number of carboxylic acid groups (broad SMARTS) is 1. The van der Waals surface area contributed by atoms with Crippen molar-refractivity contribution in [3.8, 4) is 5.75 Å². The quantitative estimate of drug-likeness (QED) is 0.827. The molecule has 0 aromatic heterocycles. The third kappa shape index (κ3) is 5.07. The molecule has 6 nitrogen and oxygen atoms in total. The number of ether oxygens (including phenoxy) is 1. The van der Waals surface area contributed by atoms with Gasteiger partial charge in [0, 0.05) is 18.7 Å². The summed E-state index contributed by atoms with van der Waals surface area (Å²) in [6, 6.07) is 6.70. The molecule has 6 heteroatoms. The number of likely N-dealkylation sites (tertiary alicyclic amines) is 1. The number of aliphatic carboxylic acids is 1. The molecule has 2 rings (SSSR count). The number of hydrogen-bond donors (Lipinski definition) is 2. The summed E-state index contributed by atoms with van der Waals surface area (Å²) in [5.41, 5.74) is 0.418. The van der Waals surface area contributed by atoms with E-state index in [4.69, 9.17) is 9.84 Å². The second-order valence-corrected chi connectivity index (χ2v) is 5.05. The fraction of sp³-hybridized carbons (Fsp3) is 0.467. The standard InChI is InChI=1S/C15H20N2O4/c18-14(19)10-16-15(20)12-4-6-13(7-5-12)21-11-17-8-2-1-3-9-17/h4-7H,1-3,8-11H2,(H,16,20)(H,18,19). The van der Waals surface area contributed by atoms with Crippen LogP contribution in [-0.2, 0) is 4.79 Å². The zero-order chi connectivity index (χ0) is 15.1.